The molecule has 0 aromatic heterocycles. The lowest BCUT2D eigenvalue weighted by Gasteiger charge is -2.28. The van der Waals surface area contributed by atoms with Crippen LogP contribution in [-0.2, 0) is 11.4 Å². The normalized spacial score (nSPS) is 13.3. The minimum atomic E-state index is -0.571. The minimum absolute atomic E-state index is 0.0450. The molecular weight excluding hydrogens is 446 g/mol. The van der Waals surface area contributed by atoms with Crippen LogP contribution in [0.15, 0.2) is 66.7 Å². The standard InChI is InChI=1S/C27H27N3O5/c1-34-24-13-12-20(16-22(24)30-14-5-4-11-25(30)31)29-27(33)19-8-6-7-18(15-19)17-35-23-10-3-2-9-21(23)26(28)32/h2-3,6-10,12-13,15-16H,4-5,11,14,17H2,1H3,(H2,28,32)(H,29,33). The number of hydrogen-bond donors (Lipinski definition) is 2. The van der Waals surface area contributed by atoms with Crippen molar-refractivity contribution in [2.45, 2.75) is 25.9 Å². The molecule has 8 heteroatoms. The van der Waals surface area contributed by atoms with Crippen LogP contribution in [0.5, 0.6) is 11.5 Å². The zero-order valence-corrected chi connectivity index (χ0v) is 19.5. The first kappa shape index (κ1) is 23.8. The van der Waals surface area contributed by atoms with Crippen molar-refractivity contribution in [2.75, 3.05) is 23.9 Å². The van der Waals surface area contributed by atoms with Gasteiger partial charge in [-0.2, -0.15) is 0 Å². The van der Waals surface area contributed by atoms with E-state index in [0.717, 1.165) is 18.4 Å². The van der Waals surface area contributed by atoms with Gasteiger partial charge in [-0.1, -0.05) is 24.3 Å². The van der Waals surface area contributed by atoms with Gasteiger partial charge in [0, 0.05) is 24.2 Å². The van der Waals surface area contributed by atoms with E-state index >= 15 is 0 Å². The Kier molecular flexibility index (Phi) is 7.30. The van der Waals surface area contributed by atoms with Gasteiger partial charge >= 0.3 is 0 Å². The minimum Gasteiger partial charge on any atom is -0.495 e. The molecular formula is C27H27N3O5. The van der Waals surface area contributed by atoms with Gasteiger partial charge < -0.3 is 25.4 Å². The molecule has 0 saturated carbocycles. The van der Waals surface area contributed by atoms with E-state index in [1.165, 1.54) is 0 Å². The molecule has 1 aliphatic heterocycles. The SMILES string of the molecule is COc1ccc(NC(=O)c2cccc(COc3ccccc3C(N)=O)c2)cc1N1CCCCC1=O. The number of methoxy groups -OCH3 is 1. The number of rotatable bonds is 8. The first-order chi connectivity index (χ1) is 17.0. The molecule has 3 aromatic rings. The monoisotopic (exact) mass is 473 g/mol. The molecule has 0 spiro atoms. The number of carbonyl (C=O) groups is 3. The Labute approximate surface area is 203 Å². The van der Waals surface area contributed by atoms with Crippen molar-refractivity contribution in [1.82, 2.24) is 0 Å². The molecule has 0 bridgehead atoms. The zero-order valence-electron chi connectivity index (χ0n) is 19.5. The summed E-state index contributed by atoms with van der Waals surface area (Å²) < 4.78 is 11.2. The van der Waals surface area contributed by atoms with E-state index in [-0.39, 0.29) is 18.4 Å². The van der Waals surface area contributed by atoms with Crippen LogP contribution in [0.2, 0.25) is 0 Å². The Bertz CT molecular complexity index is 1260. The largest absolute Gasteiger partial charge is 0.495 e. The number of carbonyl (C=O) groups excluding carboxylic acids is 3. The lowest BCUT2D eigenvalue weighted by Crippen LogP contribution is -2.35. The van der Waals surface area contributed by atoms with Crippen molar-refractivity contribution in [3.8, 4) is 11.5 Å². The Morgan fingerprint density at radius 1 is 1.00 bits per heavy atom. The van der Waals surface area contributed by atoms with Crippen LogP contribution in [0.4, 0.5) is 11.4 Å². The molecule has 1 fully saturated rings. The van der Waals surface area contributed by atoms with Gasteiger partial charge in [0.15, 0.2) is 0 Å². The van der Waals surface area contributed by atoms with Gasteiger partial charge in [-0.3, -0.25) is 14.4 Å². The smallest absolute Gasteiger partial charge is 0.255 e. The fraction of sp³-hybridized carbons (Fsp3) is 0.222. The molecule has 0 radical (unpaired) electrons. The summed E-state index contributed by atoms with van der Waals surface area (Å²) in [5, 5.41) is 2.89. The van der Waals surface area contributed by atoms with Gasteiger partial charge in [-0.05, 0) is 60.9 Å². The number of piperidine rings is 1. The van der Waals surface area contributed by atoms with Gasteiger partial charge in [-0.15, -0.1) is 0 Å². The molecule has 1 aliphatic rings. The molecule has 1 heterocycles. The summed E-state index contributed by atoms with van der Waals surface area (Å²) in [5.41, 5.74) is 8.10. The summed E-state index contributed by atoms with van der Waals surface area (Å²) in [6.45, 7) is 0.780. The molecule has 1 saturated heterocycles. The second-order valence-electron chi connectivity index (χ2n) is 8.19. The third-order valence-corrected chi connectivity index (χ3v) is 5.79. The highest BCUT2D eigenvalue weighted by Gasteiger charge is 2.23. The summed E-state index contributed by atoms with van der Waals surface area (Å²) in [6.07, 6.45) is 2.30. The van der Waals surface area contributed by atoms with Crippen LogP contribution in [0, 0.1) is 0 Å². The Morgan fingerprint density at radius 3 is 2.60 bits per heavy atom. The highest BCUT2D eigenvalue weighted by atomic mass is 16.5. The highest BCUT2D eigenvalue weighted by Crippen LogP contribution is 2.33. The van der Waals surface area contributed by atoms with E-state index < -0.39 is 5.91 Å². The van der Waals surface area contributed by atoms with Gasteiger partial charge in [0.05, 0.1) is 18.4 Å². The number of ether oxygens (including phenoxy) is 2. The highest BCUT2D eigenvalue weighted by molar-refractivity contribution is 6.05. The van der Waals surface area contributed by atoms with Gasteiger partial charge in [0.25, 0.3) is 11.8 Å². The van der Waals surface area contributed by atoms with Gasteiger partial charge in [0.2, 0.25) is 5.91 Å². The van der Waals surface area contributed by atoms with Crippen molar-refractivity contribution in [3.05, 3.63) is 83.4 Å². The molecule has 35 heavy (non-hydrogen) atoms. The molecule has 0 unspecified atom stereocenters. The number of nitrogens with one attached hydrogen (secondary N) is 1. The van der Waals surface area contributed by atoms with Crippen LogP contribution < -0.4 is 25.4 Å². The van der Waals surface area contributed by atoms with Crippen molar-refractivity contribution >= 4 is 29.1 Å². The van der Waals surface area contributed by atoms with Gasteiger partial charge in [0.1, 0.15) is 18.1 Å². The van der Waals surface area contributed by atoms with E-state index in [1.807, 2.05) is 6.07 Å². The Hall–Kier alpha value is -4.33. The first-order valence-electron chi connectivity index (χ1n) is 11.4. The first-order valence-corrected chi connectivity index (χ1v) is 11.4. The third-order valence-electron chi connectivity index (χ3n) is 5.79. The number of primary amides is 1. The Morgan fingerprint density at radius 2 is 1.83 bits per heavy atom. The summed E-state index contributed by atoms with van der Waals surface area (Å²) >= 11 is 0. The van der Waals surface area contributed by atoms with Crippen molar-refractivity contribution < 1.29 is 23.9 Å². The topological polar surface area (TPSA) is 111 Å². The van der Waals surface area contributed by atoms with Crippen LogP contribution >= 0.6 is 0 Å². The maximum atomic E-state index is 13.0. The fourth-order valence-corrected chi connectivity index (χ4v) is 4.00. The predicted molar refractivity (Wildman–Crippen MR) is 133 cm³/mol. The third kappa shape index (κ3) is 5.60. The van der Waals surface area contributed by atoms with Crippen LogP contribution in [0.25, 0.3) is 0 Å². The van der Waals surface area contributed by atoms with E-state index in [4.69, 9.17) is 15.2 Å². The molecule has 3 amide bonds. The average molecular weight is 474 g/mol. The lowest BCUT2D eigenvalue weighted by molar-refractivity contribution is -0.119. The zero-order chi connectivity index (χ0) is 24.8. The summed E-state index contributed by atoms with van der Waals surface area (Å²) in [7, 11) is 1.56. The van der Waals surface area contributed by atoms with Gasteiger partial charge in [-0.25, -0.2) is 0 Å². The summed E-state index contributed by atoms with van der Waals surface area (Å²) in [6, 6.07) is 19.0. The molecule has 3 N–H and O–H groups in total. The van der Waals surface area contributed by atoms with Crippen molar-refractivity contribution in [1.29, 1.82) is 0 Å². The second-order valence-corrected chi connectivity index (χ2v) is 8.19. The molecule has 4 rings (SSSR count). The van der Waals surface area contributed by atoms with E-state index in [0.29, 0.717) is 47.0 Å². The number of anilines is 2. The number of nitrogens with zero attached hydrogens (tertiary/aromatic N) is 1. The second kappa shape index (κ2) is 10.7. The quantitative estimate of drug-likeness (QED) is 0.511. The molecule has 180 valence electrons. The van der Waals surface area contributed by atoms with Crippen LogP contribution in [0.1, 0.15) is 45.5 Å². The van der Waals surface area contributed by atoms with E-state index in [9.17, 15) is 14.4 Å². The maximum absolute atomic E-state index is 13.0. The number of para-hydroxylation sites is 1. The van der Waals surface area contributed by atoms with Crippen molar-refractivity contribution in [3.63, 3.8) is 0 Å². The van der Waals surface area contributed by atoms with Crippen LogP contribution in [0.3, 0.4) is 0 Å². The summed E-state index contributed by atoms with van der Waals surface area (Å²) in [4.78, 5) is 38.7. The molecule has 3 aromatic carbocycles. The molecule has 8 nitrogen and oxygen atoms in total. The number of amides is 3. The molecule has 0 aliphatic carbocycles. The van der Waals surface area contributed by atoms with Crippen molar-refractivity contribution in [2.24, 2.45) is 5.73 Å². The molecule has 0 atom stereocenters. The van der Waals surface area contributed by atoms with E-state index in [1.54, 1.807) is 72.7 Å². The summed E-state index contributed by atoms with van der Waals surface area (Å²) in [5.74, 6) is 0.134. The number of hydrogen-bond acceptors (Lipinski definition) is 5. The maximum Gasteiger partial charge on any atom is 0.255 e. The number of nitrogens with two attached hydrogens (primary N) is 1. The lowest BCUT2D eigenvalue weighted by atomic mass is 10.1. The fourth-order valence-electron chi connectivity index (χ4n) is 4.00. The average Bonchev–Trinajstić information content (AvgIpc) is 2.88. The number of benzene rings is 3. The Balaban J connectivity index is 1.48. The van der Waals surface area contributed by atoms with E-state index in [2.05, 4.69) is 5.32 Å². The predicted octanol–water partition coefficient (Wildman–Crippen LogP) is 4.14. The van der Waals surface area contributed by atoms with Crippen LogP contribution in [-0.4, -0.2) is 31.4 Å².